The molecule has 1 N–H and O–H groups in total. The SMILES string of the molecule is CC(C)[C@@H](CNC(=O)c1cn(-c2ccccc2)nc1-c1ccc(F)cc1)N1CCOCC1. The average Bonchev–Trinajstić information content (AvgIpc) is 3.26. The van der Waals surface area contributed by atoms with Crippen LogP contribution in [0.15, 0.2) is 60.8 Å². The monoisotopic (exact) mass is 436 g/mol. The van der Waals surface area contributed by atoms with Gasteiger partial charge in [-0.3, -0.25) is 9.69 Å². The van der Waals surface area contributed by atoms with Crippen molar-refractivity contribution in [1.29, 1.82) is 0 Å². The van der Waals surface area contributed by atoms with Gasteiger partial charge in [0.2, 0.25) is 0 Å². The van der Waals surface area contributed by atoms with Crippen molar-refractivity contribution in [3.63, 3.8) is 0 Å². The van der Waals surface area contributed by atoms with Gasteiger partial charge in [-0.05, 0) is 42.3 Å². The van der Waals surface area contributed by atoms with Gasteiger partial charge in [-0.2, -0.15) is 5.10 Å². The molecule has 0 spiro atoms. The summed E-state index contributed by atoms with van der Waals surface area (Å²) in [6.07, 6.45) is 1.74. The van der Waals surface area contributed by atoms with E-state index in [-0.39, 0.29) is 17.8 Å². The Kier molecular flexibility index (Phi) is 6.97. The number of nitrogens with zero attached hydrogens (tertiary/aromatic N) is 3. The van der Waals surface area contributed by atoms with Gasteiger partial charge in [0.15, 0.2) is 0 Å². The fourth-order valence-corrected chi connectivity index (χ4v) is 4.06. The second-order valence-corrected chi connectivity index (χ2v) is 8.35. The van der Waals surface area contributed by atoms with Crippen molar-refractivity contribution in [3.05, 3.63) is 72.2 Å². The maximum Gasteiger partial charge on any atom is 0.255 e. The van der Waals surface area contributed by atoms with Gasteiger partial charge in [0, 0.05) is 37.4 Å². The molecule has 0 unspecified atom stereocenters. The van der Waals surface area contributed by atoms with Crippen LogP contribution in [0.3, 0.4) is 0 Å². The lowest BCUT2D eigenvalue weighted by molar-refractivity contribution is 0.00673. The highest BCUT2D eigenvalue weighted by atomic mass is 19.1. The third kappa shape index (κ3) is 5.06. The van der Waals surface area contributed by atoms with Crippen LogP contribution in [0.1, 0.15) is 24.2 Å². The summed E-state index contributed by atoms with van der Waals surface area (Å²) in [5.74, 6) is -0.130. The predicted molar refractivity (Wildman–Crippen MR) is 122 cm³/mol. The number of amides is 1. The zero-order valence-electron chi connectivity index (χ0n) is 18.5. The number of benzene rings is 2. The minimum atomic E-state index is -0.326. The third-order valence-corrected chi connectivity index (χ3v) is 5.85. The van der Waals surface area contributed by atoms with Crippen molar-refractivity contribution in [1.82, 2.24) is 20.0 Å². The normalized spacial score (nSPS) is 15.6. The Balaban J connectivity index is 1.59. The van der Waals surface area contributed by atoms with Gasteiger partial charge in [0.05, 0.1) is 24.5 Å². The number of aromatic nitrogens is 2. The summed E-state index contributed by atoms with van der Waals surface area (Å²) in [5, 5.41) is 7.78. The van der Waals surface area contributed by atoms with Crippen LogP contribution in [0.25, 0.3) is 16.9 Å². The lowest BCUT2D eigenvalue weighted by atomic mass is 10.0. The molecule has 0 aliphatic carbocycles. The first-order valence-corrected chi connectivity index (χ1v) is 11.0. The fourth-order valence-electron chi connectivity index (χ4n) is 4.06. The van der Waals surface area contributed by atoms with Gasteiger partial charge < -0.3 is 10.1 Å². The summed E-state index contributed by atoms with van der Waals surface area (Å²) in [7, 11) is 0. The Morgan fingerprint density at radius 3 is 2.44 bits per heavy atom. The largest absolute Gasteiger partial charge is 0.379 e. The molecule has 168 valence electrons. The number of ether oxygens (including phenoxy) is 1. The Labute approximate surface area is 188 Å². The quantitative estimate of drug-likeness (QED) is 0.613. The summed E-state index contributed by atoms with van der Waals surface area (Å²) in [5.41, 5.74) is 2.53. The first kappa shape index (κ1) is 22.2. The Hall–Kier alpha value is -3.03. The molecule has 1 fully saturated rings. The van der Waals surface area contributed by atoms with Crippen molar-refractivity contribution in [2.75, 3.05) is 32.8 Å². The molecule has 1 saturated heterocycles. The Morgan fingerprint density at radius 2 is 1.78 bits per heavy atom. The Bertz CT molecular complexity index is 1030. The first-order chi connectivity index (χ1) is 15.5. The van der Waals surface area contributed by atoms with E-state index in [9.17, 15) is 9.18 Å². The van der Waals surface area contributed by atoms with Crippen molar-refractivity contribution >= 4 is 5.91 Å². The highest BCUT2D eigenvalue weighted by Gasteiger charge is 2.25. The van der Waals surface area contributed by atoms with E-state index in [0.29, 0.717) is 29.3 Å². The summed E-state index contributed by atoms with van der Waals surface area (Å²) < 4.78 is 20.6. The molecule has 1 amide bonds. The van der Waals surface area contributed by atoms with Gasteiger partial charge in [-0.25, -0.2) is 9.07 Å². The van der Waals surface area contributed by atoms with E-state index < -0.39 is 0 Å². The lowest BCUT2D eigenvalue weighted by Crippen LogP contribution is -2.51. The molecule has 2 heterocycles. The molecule has 0 saturated carbocycles. The molecule has 0 radical (unpaired) electrons. The Morgan fingerprint density at radius 1 is 1.09 bits per heavy atom. The van der Waals surface area contributed by atoms with Crippen molar-refractivity contribution in [3.8, 4) is 16.9 Å². The van der Waals surface area contributed by atoms with Gasteiger partial charge >= 0.3 is 0 Å². The van der Waals surface area contributed by atoms with Gasteiger partial charge in [-0.1, -0.05) is 32.0 Å². The maximum absolute atomic E-state index is 13.5. The minimum Gasteiger partial charge on any atom is -0.379 e. The van der Waals surface area contributed by atoms with E-state index in [2.05, 4.69) is 29.2 Å². The molecule has 1 aromatic heterocycles. The van der Waals surface area contributed by atoms with Crippen LogP contribution in [0.5, 0.6) is 0 Å². The van der Waals surface area contributed by atoms with Crippen LogP contribution in [0.4, 0.5) is 4.39 Å². The van der Waals surface area contributed by atoms with E-state index in [4.69, 9.17) is 4.74 Å². The number of nitrogens with one attached hydrogen (secondary N) is 1. The highest BCUT2D eigenvalue weighted by molar-refractivity contribution is 6.00. The molecule has 1 atom stereocenters. The van der Waals surface area contributed by atoms with Crippen LogP contribution in [-0.2, 0) is 4.74 Å². The molecular formula is C25H29FN4O2. The second-order valence-electron chi connectivity index (χ2n) is 8.35. The molecule has 1 aliphatic rings. The molecule has 4 rings (SSSR count). The molecule has 3 aromatic rings. The third-order valence-electron chi connectivity index (χ3n) is 5.85. The maximum atomic E-state index is 13.5. The number of para-hydroxylation sites is 1. The molecular weight excluding hydrogens is 407 g/mol. The molecule has 7 heteroatoms. The summed E-state index contributed by atoms with van der Waals surface area (Å²) >= 11 is 0. The number of hydrogen-bond acceptors (Lipinski definition) is 4. The zero-order valence-corrected chi connectivity index (χ0v) is 18.5. The molecule has 6 nitrogen and oxygen atoms in total. The van der Waals surface area contributed by atoms with Crippen molar-refractivity contribution in [2.45, 2.75) is 19.9 Å². The fraction of sp³-hybridized carbons (Fsp3) is 0.360. The second kappa shape index (κ2) is 10.1. The van der Waals surface area contributed by atoms with Gasteiger partial charge in [0.25, 0.3) is 5.91 Å². The molecule has 0 bridgehead atoms. The van der Waals surface area contributed by atoms with Crippen LogP contribution in [-0.4, -0.2) is 59.5 Å². The summed E-state index contributed by atoms with van der Waals surface area (Å²) in [6.45, 7) is 8.05. The topological polar surface area (TPSA) is 59.4 Å². The van der Waals surface area contributed by atoms with E-state index >= 15 is 0 Å². The smallest absolute Gasteiger partial charge is 0.255 e. The molecule has 2 aromatic carbocycles. The van der Waals surface area contributed by atoms with Crippen LogP contribution < -0.4 is 5.32 Å². The van der Waals surface area contributed by atoms with Crippen LogP contribution >= 0.6 is 0 Å². The number of rotatable bonds is 7. The van der Waals surface area contributed by atoms with Gasteiger partial charge in [0.1, 0.15) is 11.5 Å². The number of carbonyl (C=O) groups is 1. The first-order valence-electron chi connectivity index (χ1n) is 11.0. The highest BCUT2D eigenvalue weighted by Crippen LogP contribution is 2.24. The number of halogens is 1. The minimum absolute atomic E-state index is 0.189. The average molecular weight is 437 g/mol. The number of carbonyl (C=O) groups excluding carboxylic acids is 1. The number of morpholine rings is 1. The molecule has 32 heavy (non-hydrogen) atoms. The van der Waals surface area contributed by atoms with Gasteiger partial charge in [-0.15, -0.1) is 0 Å². The van der Waals surface area contributed by atoms with E-state index in [0.717, 1.165) is 32.0 Å². The lowest BCUT2D eigenvalue weighted by Gasteiger charge is -2.36. The van der Waals surface area contributed by atoms with E-state index in [1.54, 1.807) is 23.0 Å². The van der Waals surface area contributed by atoms with Crippen molar-refractivity contribution in [2.24, 2.45) is 5.92 Å². The summed E-state index contributed by atoms with van der Waals surface area (Å²) in [6, 6.07) is 15.9. The van der Waals surface area contributed by atoms with Crippen LogP contribution in [0.2, 0.25) is 0 Å². The predicted octanol–water partition coefficient (Wildman–Crippen LogP) is 3.77. The van der Waals surface area contributed by atoms with E-state index in [1.807, 2.05) is 30.3 Å². The summed E-state index contributed by atoms with van der Waals surface area (Å²) in [4.78, 5) is 15.7. The van der Waals surface area contributed by atoms with E-state index in [1.165, 1.54) is 12.1 Å². The number of hydrogen-bond donors (Lipinski definition) is 1. The van der Waals surface area contributed by atoms with Crippen molar-refractivity contribution < 1.29 is 13.9 Å². The standard InChI is InChI=1S/C25H29FN4O2/c1-18(2)23(29-12-14-32-15-13-29)16-27-25(31)22-17-30(21-6-4-3-5-7-21)28-24(22)19-8-10-20(26)11-9-19/h3-11,17-18,23H,12-16H2,1-2H3,(H,27,31)/t23-/m1/s1. The zero-order chi connectivity index (χ0) is 22.5. The molecule has 1 aliphatic heterocycles. The van der Waals surface area contributed by atoms with Crippen LogP contribution in [0, 0.1) is 11.7 Å².